The third-order valence-corrected chi connectivity index (χ3v) is 4.13. The molecule has 0 saturated carbocycles. The maximum Gasteiger partial charge on any atom is 0.222 e. The number of carbonyl (C=O) groups excluding carboxylic acids is 1. The maximum absolute atomic E-state index is 12.0. The number of imidazole rings is 1. The summed E-state index contributed by atoms with van der Waals surface area (Å²) >= 11 is 0. The van der Waals surface area contributed by atoms with Gasteiger partial charge in [-0.2, -0.15) is 0 Å². The molecule has 2 N–H and O–H groups in total. The van der Waals surface area contributed by atoms with Gasteiger partial charge < -0.3 is 15.2 Å². The van der Waals surface area contributed by atoms with E-state index >= 15 is 0 Å². The lowest BCUT2D eigenvalue weighted by Crippen LogP contribution is -2.41. The SMILES string of the molecule is CC(C)(C)NC(=O)CCn1cncc1C1(C)CCNCC1. The van der Waals surface area contributed by atoms with Crippen LogP contribution in [0.4, 0.5) is 0 Å². The average Bonchev–Trinajstić information content (AvgIpc) is 2.84. The largest absolute Gasteiger partial charge is 0.351 e. The molecule has 1 aromatic rings. The summed E-state index contributed by atoms with van der Waals surface area (Å²) in [6, 6.07) is 0. The van der Waals surface area contributed by atoms with Crippen molar-refractivity contribution in [1.82, 2.24) is 20.2 Å². The normalized spacial score (nSPS) is 18.5. The lowest BCUT2D eigenvalue weighted by molar-refractivity contribution is -0.122. The first-order valence-corrected chi connectivity index (χ1v) is 7.82. The van der Waals surface area contributed by atoms with Gasteiger partial charge in [0.2, 0.25) is 5.91 Å². The number of carbonyl (C=O) groups is 1. The number of amides is 1. The van der Waals surface area contributed by atoms with Gasteiger partial charge in [-0.1, -0.05) is 6.92 Å². The lowest BCUT2D eigenvalue weighted by Gasteiger charge is -2.34. The summed E-state index contributed by atoms with van der Waals surface area (Å²) in [6.45, 7) is 11.1. The molecule has 0 aliphatic carbocycles. The maximum atomic E-state index is 12.0. The lowest BCUT2D eigenvalue weighted by atomic mass is 9.78. The van der Waals surface area contributed by atoms with Crippen LogP contribution in [-0.4, -0.2) is 34.1 Å². The standard InChI is InChI=1S/C16H28N4O/c1-15(2,3)19-14(21)5-10-20-12-18-11-13(20)16(4)6-8-17-9-7-16/h11-12,17H,5-10H2,1-4H3,(H,19,21). The first kappa shape index (κ1) is 16.0. The summed E-state index contributed by atoms with van der Waals surface area (Å²) in [5.74, 6) is 0.0950. The summed E-state index contributed by atoms with van der Waals surface area (Å²) in [4.78, 5) is 16.3. The summed E-state index contributed by atoms with van der Waals surface area (Å²) < 4.78 is 2.15. The minimum Gasteiger partial charge on any atom is -0.351 e. The Morgan fingerprint density at radius 1 is 1.43 bits per heavy atom. The Kier molecular flexibility index (Phi) is 4.71. The molecule has 118 valence electrons. The molecular formula is C16H28N4O. The van der Waals surface area contributed by atoms with Crippen LogP contribution in [0, 0.1) is 0 Å². The second kappa shape index (κ2) is 6.18. The number of rotatable bonds is 4. The Labute approximate surface area is 127 Å². The molecule has 0 atom stereocenters. The van der Waals surface area contributed by atoms with Crippen LogP contribution in [0.1, 0.15) is 52.7 Å². The summed E-state index contributed by atoms with van der Waals surface area (Å²) in [7, 11) is 0. The fourth-order valence-electron chi connectivity index (χ4n) is 2.94. The predicted octanol–water partition coefficient (Wildman–Crippen LogP) is 1.83. The highest BCUT2D eigenvalue weighted by Crippen LogP contribution is 2.32. The van der Waals surface area contributed by atoms with E-state index in [1.807, 2.05) is 33.3 Å². The van der Waals surface area contributed by atoms with Crippen LogP contribution in [0.5, 0.6) is 0 Å². The molecule has 5 heteroatoms. The molecule has 1 aliphatic heterocycles. The van der Waals surface area contributed by atoms with Crippen LogP contribution in [-0.2, 0) is 16.8 Å². The molecule has 1 saturated heterocycles. The van der Waals surface area contributed by atoms with Gasteiger partial charge >= 0.3 is 0 Å². The number of nitrogens with one attached hydrogen (secondary N) is 2. The summed E-state index contributed by atoms with van der Waals surface area (Å²) in [5.41, 5.74) is 1.26. The van der Waals surface area contributed by atoms with Crippen molar-refractivity contribution in [3.05, 3.63) is 18.2 Å². The molecule has 2 rings (SSSR count). The van der Waals surface area contributed by atoms with Crippen molar-refractivity contribution in [3.8, 4) is 0 Å². The van der Waals surface area contributed by atoms with Crippen LogP contribution in [0.15, 0.2) is 12.5 Å². The zero-order chi connectivity index (χ0) is 15.5. The Balaban J connectivity index is 1.99. The van der Waals surface area contributed by atoms with Crippen molar-refractivity contribution in [2.45, 2.75) is 64.5 Å². The van der Waals surface area contributed by atoms with E-state index in [2.05, 4.69) is 27.1 Å². The molecule has 2 heterocycles. The Hall–Kier alpha value is -1.36. The molecule has 5 nitrogen and oxygen atoms in total. The molecular weight excluding hydrogens is 264 g/mol. The van der Waals surface area contributed by atoms with Crippen LogP contribution in [0.3, 0.4) is 0 Å². The fraction of sp³-hybridized carbons (Fsp3) is 0.750. The summed E-state index contributed by atoms with van der Waals surface area (Å²) in [5, 5.41) is 6.41. The summed E-state index contributed by atoms with van der Waals surface area (Å²) in [6.07, 6.45) is 6.55. The van der Waals surface area contributed by atoms with E-state index in [4.69, 9.17) is 0 Å². The number of aryl methyl sites for hydroxylation is 1. The van der Waals surface area contributed by atoms with Crippen LogP contribution in [0.25, 0.3) is 0 Å². The number of aromatic nitrogens is 2. The minimum atomic E-state index is -0.171. The number of nitrogens with zero attached hydrogens (tertiary/aromatic N) is 2. The van der Waals surface area contributed by atoms with E-state index in [0.29, 0.717) is 13.0 Å². The highest BCUT2D eigenvalue weighted by Gasteiger charge is 2.31. The molecule has 0 unspecified atom stereocenters. The molecule has 1 aromatic heterocycles. The van der Waals surface area contributed by atoms with E-state index in [1.54, 1.807) is 0 Å². The topological polar surface area (TPSA) is 59.0 Å². The fourth-order valence-corrected chi connectivity index (χ4v) is 2.94. The van der Waals surface area contributed by atoms with Gasteiger partial charge in [-0.3, -0.25) is 4.79 Å². The van der Waals surface area contributed by atoms with Crippen molar-refractivity contribution in [2.75, 3.05) is 13.1 Å². The molecule has 1 fully saturated rings. The van der Waals surface area contributed by atoms with E-state index in [-0.39, 0.29) is 16.9 Å². The third-order valence-electron chi connectivity index (χ3n) is 4.13. The number of hydrogen-bond acceptors (Lipinski definition) is 3. The quantitative estimate of drug-likeness (QED) is 0.890. The van der Waals surface area contributed by atoms with Crippen LogP contribution >= 0.6 is 0 Å². The van der Waals surface area contributed by atoms with Gasteiger partial charge in [0.25, 0.3) is 0 Å². The van der Waals surface area contributed by atoms with Crippen LogP contribution in [0.2, 0.25) is 0 Å². The van der Waals surface area contributed by atoms with Gasteiger partial charge in [0.15, 0.2) is 0 Å². The molecule has 0 bridgehead atoms. The highest BCUT2D eigenvalue weighted by molar-refractivity contribution is 5.76. The smallest absolute Gasteiger partial charge is 0.222 e. The van der Waals surface area contributed by atoms with Crippen molar-refractivity contribution >= 4 is 5.91 Å². The first-order valence-electron chi connectivity index (χ1n) is 7.82. The van der Waals surface area contributed by atoms with Gasteiger partial charge in [-0.15, -0.1) is 0 Å². The van der Waals surface area contributed by atoms with Crippen LogP contribution < -0.4 is 10.6 Å². The Morgan fingerprint density at radius 3 is 2.71 bits per heavy atom. The molecule has 21 heavy (non-hydrogen) atoms. The Morgan fingerprint density at radius 2 is 2.10 bits per heavy atom. The highest BCUT2D eigenvalue weighted by atomic mass is 16.1. The monoisotopic (exact) mass is 292 g/mol. The van der Waals surface area contributed by atoms with E-state index in [0.717, 1.165) is 25.9 Å². The zero-order valence-corrected chi connectivity index (χ0v) is 13.7. The number of piperidine rings is 1. The van der Waals surface area contributed by atoms with E-state index in [9.17, 15) is 4.79 Å². The molecule has 1 amide bonds. The molecule has 1 aliphatic rings. The molecule has 0 radical (unpaired) electrons. The molecule has 0 aromatic carbocycles. The van der Waals surface area contributed by atoms with Crippen molar-refractivity contribution in [2.24, 2.45) is 0 Å². The van der Waals surface area contributed by atoms with Crippen molar-refractivity contribution < 1.29 is 4.79 Å². The third kappa shape index (κ3) is 4.30. The number of hydrogen-bond donors (Lipinski definition) is 2. The average molecular weight is 292 g/mol. The zero-order valence-electron chi connectivity index (χ0n) is 13.7. The Bertz CT molecular complexity index is 481. The van der Waals surface area contributed by atoms with E-state index < -0.39 is 0 Å². The van der Waals surface area contributed by atoms with Crippen molar-refractivity contribution in [1.29, 1.82) is 0 Å². The van der Waals surface area contributed by atoms with E-state index in [1.165, 1.54) is 5.69 Å². The van der Waals surface area contributed by atoms with Gasteiger partial charge in [0.1, 0.15) is 0 Å². The van der Waals surface area contributed by atoms with Gasteiger partial charge in [-0.25, -0.2) is 4.98 Å². The van der Waals surface area contributed by atoms with Crippen molar-refractivity contribution in [3.63, 3.8) is 0 Å². The second-order valence-electron chi connectivity index (χ2n) is 7.33. The second-order valence-corrected chi connectivity index (χ2v) is 7.33. The van der Waals surface area contributed by atoms with Gasteiger partial charge in [-0.05, 0) is 46.7 Å². The minimum absolute atomic E-state index is 0.0950. The predicted molar refractivity (Wildman–Crippen MR) is 84.2 cm³/mol. The van der Waals surface area contributed by atoms with Gasteiger partial charge in [0.05, 0.1) is 6.33 Å². The molecule has 0 spiro atoms. The van der Waals surface area contributed by atoms with Gasteiger partial charge in [0, 0.05) is 35.8 Å². The first-order chi connectivity index (χ1) is 9.80.